The molecule has 0 heterocycles. The fourth-order valence-electron chi connectivity index (χ4n) is 7.13. The first-order chi connectivity index (χ1) is 30.0. The predicted octanol–water partition coefficient (Wildman–Crippen LogP) is 16.9. The Labute approximate surface area is 377 Å². The Balaban J connectivity index is 4.39. The van der Waals surface area contributed by atoms with Gasteiger partial charge in [-0.3, -0.25) is 14.4 Å². The zero-order valence-electron chi connectivity index (χ0n) is 40.2. The molecule has 6 heteroatoms. The number of esters is 3. The van der Waals surface area contributed by atoms with Crippen LogP contribution in [0.2, 0.25) is 0 Å². The maximum Gasteiger partial charge on any atom is 0.306 e. The van der Waals surface area contributed by atoms with E-state index >= 15 is 0 Å². The van der Waals surface area contributed by atoms with Crippen molar-refractivity contribution in [3.05, 3.63) is 60.8 Å². The largest absolute Gasteiger partial charge is 0.462 e. The molecule has 0 amide bonds. The second kappa shape index (κ2) is 49.8. The van der Waals surface area contributed by atoms with Crippen molar-refractivity contribution in [2.75, 3.05) is 13.2 Å². The summed E-state index contributed by atoms with van der Waals surface area (Å²) in [7, 11) is 0. The quantitative estimate of drug-likeness (QED) is 0.0263. The van der Waals surface area contributed by atoms with E-state index in [1.807, 2.05) is 0 Å². The second-order valence-electron chi connectivity index (χ2n) is 17.1. The van der Waals surface area contributed by atoms with Gasteiger partial charge in [0.05, 0.1) is 0 Å². The first kappa shape index (κ1) is 58.1. The third-order valence-electron chi connectivity index (χ3n) is 11.0. The highest BCUT2D eigenvalue weighted by Gasteiger charge is 2.19. The van der Waals surface area contributed by atoms with Crippen molar-refractivity contribution in [2.45, 2.75) is 258 Å². The molecule has 0 aromatic rings. The normalized spacial score (nSPS) is 12.5. The molecule has 1 atom stereocenters. The smallest absolute Gasteiger partial charge is 0.306 e. The van der Waals surface area contributed by atoms with Crippen LogP contribution in [-0.2, 0) is 28.6 Å². The van der Waals surface area contributed by atoms with Gasteiger partial charge in [-0.15, -0.1) is 0 Å². The van der Waals surface area contributed by atoms with E-state index in [1.54, 1.807) is 0 Å². The van der Waals surface area contributed by atoms with Crippen LogP contribution in [0.3, 0.4) is 0 Å². The summed E-state index contributed by atoms with van der Waals surface area (Å²) >= 11 is 0. The van der Waals surface area contributed by atoms with Crippen molar-refractivity contribution in [1.29, 1.82) is 0 Å². The Morgan fingerprint density at radius 1 is 0.344 bits per heavy atom. The van der Waals surface area contributed by atoms with E-state index < -0.39 is 6.10 Å². The number of ether oxygens (including phenoxy) is 3. The van der Waals surface area contributed by atoms with Crippen LogP contribution in [0.25, 0.3) is 0 Å². The SMILES string of the molecule is CC/C=C\C/C=C\C/C=C\CCCCCCCCCC(=O)OCC(COC(=O)CCCCCCCCCCCCC)OC(=O)CCCCCCC/C=C\C/C=C\CCCCC. The molecule has 352 valence electrons. The van der Waals surface area contributed by atoms with Crippen LogP contribution in [0.4, 0.5) is 0 Å². The van der Waals surface area contributed by atoms with Crippen molar-refractivity contribution in [2.24, 2.45) is 0 Å². The maximum absolute atomic E-state index is 12.8. The molecule has 0 fully saturated rings. The van der Waals surface area contributed by atoms with E-state index in [1.165, 1.54) is 103 Å². The lowest BCUT2D eigenvalue weighted by Crippen LogP contribution is -2.30. The standard InChI is InChI=1S/C55H96O6/c1-4-7-10-13-16-19-22-24-26-27-29-30-33-36-39-42-45-48-54(57)60-51-52(50-59-53(56)47-44-41-38-35-32-21-18-15-12-9-6-3)61-55(58)49-46-43-40-37-34-31-28-25-23-20-17-14-11-8-5-2/h7,10,16-17,19-20,24-26,28,52H,4-6,8-9,11-15,18,21-23,27,29-51H2,1-3H3/b10-7-,19-16-,20-17-,26-24-,28-25-. The van der Waals surface area contributed by atoms with Gasteiger partial charge >= 0.3 is 17.9 Å². The fraction of sp³-hybridized carbons (Fsp3) is 0.764. The Bertz CT molecular complexity index is 1120. The van der Waals surface area contributed by atoms with Crippen molar-refractivity contribution in [3.8, 4) is 0 Å². The van der Waals surface area contributed by atoms with Gasteiger partial charge in [-0.05, 0) is 83.5 Å². The van der Waals surface area contributed by atoms with Crippen molar-refractivity contribution in [3.63, 3.8) is 0 Å². The molecule has 0 N–H and O–H groups in total. The maximum atomic E-state index is 12.8. The minimum atomic E-state index is -0.782. The van der Waals surface area contributed by atoms with E-state index in [0.717, 1.165) is 109 Å². The molecule has 0 bridgehead atoms. The molecule has 0 radical (unpaired) electrons. The van der Waals surface area contributed by atoms with Crippen LogP contribution in [0, 0.1) is 0 Å². The van der Waals surface area contributed by atoms with E-state index in [9.17, 15) is 14.4 Å². The lowest BCUT2D eigenvalue weighted by atomic mass is 10.1. The van der Waals surface area contributed by atoms with E-state index in [0.29, 0.717) is 19.3 Å². The van der Waals surface area contributed by atoms with E-state index in [2.05, 4.69) is 81.5 Å². The molecule has 0 aromatic heterocycles. The number of rotatable bonds is 46. The van der Waals surface area contributed by atoms with Crippen molar-refractivity contribution in [1.82, 2.24) is 0 Å². The zero-order valence-corrected chi connectivity index (χ0v) is 40.2. The lowest BCUT2D eigenvalue weighted by Gasteiger charge is -2.18. The van der Waals surface area contributed by atoms with Gasteiger partial charge in [0, 0.05) is 19.3 Å². The summed E-state index contributed by atoms with van der Waals surface area (Å²) in [5, 5.41) is 0. The van der Waals surface area contributed by atoms with Crippen LogP contribution >= 0.6 is 0 Å². The predicted molar refractivity (Wildman–Crippen MR) is 261 cm³/mol. The molecule has 0 aliphatic carbocycles. The molecule has 1 unspecified atom stereocenters. The molecular formula is C55H96O6. The summed E-state index contributed by atoms with van der Waals surface area (Å²) in [4.78, 5) is 37.9. The van der Waals surface area contributed by atoms with Crippen LogP contribution in [0.15, 0.2) is 60.8 Å². The summed E-state index contributed by atoms with van der Waals surface area (Å²) in [6.07, 6.45) is 60.5. The van der Waals surface area contributed by atoms with Gasteiger partial charge in [-0.2, -0.15) is 0 Å². The molecule has 0 rings (SSSR count). The first-order valence-corrected chi connectivity index (χ1v) is 25.8. The van der Waals surface area contributed by atoms with E-state index in [4.69, 9.17) is 14.2 Å². The number of unbranched alkanes of at least 4 members (excludes halogenated alkanes) is 25. The highest BCUT2D eigenvalue weighted by molar-refractivity contribution is 5.71. The van der Waals surface area contributed by atoms with Gasteiger partial charge in [0.25, 0.3) is 0 Å². The van der Waals surface area contributed by atoms with Crippen LogP contribution in [0.1, 0.15) is 252 Å². The van der Waals surface area contributed by atoms with Crippen molar-refractivity contribution >= 4 is 17.9 Å². The molecule has 61 heavy (non-hydrogen) atoms. The number of hydrogen-bond donors (Lipinski definition) is 0. The van der Waals surface area contributed by atoms with Gasteiger partial charge in [-0.1, -0.05) is 210 Å². The minimum absolute atomic E-state index is 0.0815. The lowest BCUT2D eigenvalue weighted by molar-refractivity contribution is -0.167. The molecule has 0 aliphatic rings. The summed E-state index contributed by atoms with van der Waals surface area (Å²) in [6, 6.07) is 0. The number of carbonyl (C=O) groups excluding carboxylic acids is 3. The van der Waals surface area contributed by atoms with Gasteiger partial charge in [0.1, 0.15) is 13.2 Å². The average molecular weight is 853 g/mol. The third-order valence-corrected chi connectivity index (χ3v) is 11.0. The Kier molecular flexibility index (Phi) is 47.4. The zero-order chi connectivity index (χ0) is 44.4. The topological polar surface area (TPSA) is 78.9 Å². The summed E-state index contributed by atoms with van der Waals surface area (Å²) in [5.41, 5.74) is 0. The van der Waals surface area contributed by atoms with Gasteiger partial charge in [0.15, 0.2) is 6.10 Å². The summed E-state index contributed by atoms with van der Waals surface area (Å²) < 4.78 is 16.8. The Hall–Kier alpha value is -2.89. The average Bonchev–Trinajstić information content (AvgIpc) is 3.26. The Morgan fingerprint density at radius 2 is 0.639 bits per heavy atom. The van der Waals surface area contributed by atoms with Crippen LogP contribution < -0.4 is 0 Å². The molecule has 0 saturated carbocycles. The molecule has 0 aromatic carbocycles. The number of carbonyl (C=O) groups is 3. The third kappa shape index (κ3) is 48.0. The molecule has 0 spiro atoms. The molecular weight excluding hydrogens is 757 g/mol. The first-order valence-electron chi connectivity index (χ1n) is 25.8. The highest BCUT2D eigenvalue weighted by Crippen LogP contribution is 2.15. The van der Waals surface area contributed by atoms with Gasteiger partial charge in [-0.25, -0.2) is 0 Å². The molecule has 0 aliphatic heterocycles. The van der Waals surface area contributed by atoms with Crippen LogP contribution in [0.5, 0.6) is 0 Å². The minimum Gasteiger partial charge on any atom is -0.462 e. The molecule has 6 nitrogen and oxygen atoms in total. The second-order valence-corrected chi connectivity index (χ2v) is 17.1. The highest BCUT2D eigenvalue weighted by atomic mass is 16.6. The number of allylic oxidation sites excluding steroid dienone is 10. The Morgan fingerprint density at radius 3 is 1.03 bits per heavy atom. The number of hydrogen-bond acceptors (Lipinski definition) is 6. The molecule has 0 saturated heterocycles. The van der Waals surface area contributed by atoms with Crippen LogP contribution in [-0.4, -0.2) is 37.2 Å². The van der Waals surface area contributed by atoms with Gasteiger partial charge < -0.3 is 14.2 Å². The van der Waals surface area contributed by atoms with E-state index in [-0.39, 0.29) is 31.1 Å². The monoisotopic (exact) mass is 853 g/mol. The summed E-state index contributed by atoms with van der Waals surface area (Å²) in [6.45, 7) is 6.48. The summed E-state index contributed by atoms with van der Waals surface area (Å²) in [5.74, 6) is -0.902. The fourth-order valence-corrected chi connectivity index (χ4v) is 7.13. The van der Waals surface area contributed by atoms with Crippen molar-refractivity contribution < 1.29 is 28.6 Å². The van der Waals surface area contributed by atoms with Gasteiger partial charge in [0.2, 0.25) is 0 Å².